The van der Waals surface area contributed by atoms with Crippen LogP contribution < -0.4 is 0 Å². The van der Waals surface area contributed by atoms with Gasteiger partial charge >= 0.3 is 0 Å². The number of hydrogen-bond acceptors (Lipinski definition) is 4. The predicted octanol–water partition coefficient (Wildman–Crippen LogP) is 3.97. The molecular weight excluding hydrogens is 388 g/mol. The Hall–Kier alpha value is -2.57. The van der Waals surface area contributed by atoms with Crippen molar-refractivity contribution in [2.45, 2.75) is 25.9 Å². The fraction of sp³-hybridized carbons (Fsp3) is 0.375. The Bertz CT molecular complexity index is 915. The molecule has 1 heterocycles. The number of ketones is 1. The van der Waals surface area contributed by atoms with E-state index in [2.05, 4.69) is 6.58 Å². The first-order valence-corrected chi connectivity index (χ1v) is 10.0. The molecule has 0 aromatic heterocycles. The molecule has 1 aliphatic heterocycles. The monoisotopic (exact) mass is 415 g/mol. The van der Waals surface area contributed by atoms with E-state index in [1.165, 1.54) is 24.3 Å². The van der Waals surface area contributed by atoms with E-state index >= 15 is 0 Å². The summed E-state index contributed by atoms with van der Waals surface area (Å²) in [6, 6.07) is 10.1. The van der Waals surface area contributed by atoms with Gasteiger partial charge in [-0.25, -0.2) is 8.78 Å². The Morgan fingerprint density at radius 3 is 2.67 bits per heavy atom. The lowest BCUT2D eigenvalue weighted by Gasteiger charge is -2.32. The number of hydrogen-bond donors (Lipinski definition) is 2. The maximum absolute atomic E-state index is 14.0. The van der Waals surface area contributed by atoms with Crippen LogP contribution in [0.3, 0.4) is 0 Å². The fourth-order valence-corrected chi connectivity index (χ4v) is 4.35. The number of benzene rings is 2. The summed E-state index contributed by atoms with van der Waals surface area (Å²) in [7, 11) is 0. The first-order chi connectivity index (χ1) is 14.2. The molecule has 0 spiro atoms. The summed E-state index contributed by atoms with van der Waals surface area (Å²) in [5, 5.41) is 20.0. The number of aromatic hydroxyl groups is 1. The normalized spacial score (nSPS) is 22.7. The van der Waals surface area contributed by atoms with Crippen LogP contribution in [0.2, 0.25) is 0 Å². The molecule has 0 bridgehead atoms. The minimum atomic E-state index is -0.926. The van der Waals surface area contributed by atoms with Gasteiger partial charge in [0.2, 0.25) is 0 Å². The van der Waals surface area contributed by atoms with Crippen molar-refractivity contribution >= 4 is 5.78 Å². The lowest BCUT2D eigenvalue weighted by Crippen LogP contribution is -2.34. The highest BCUT2D eigenvalue weighted by Crippen LogP contribution is 2.41. The van der Waals surface area contributed by atoms with Crippen LogP contribution in [0, 0.1) is 23.0 Å². The van der Waals surface area contributed by atoms with Gasteiger partial charge in [0.15, 0.2) is 17.4 Å². The summed E-state index contributed by atoms with van der Waals surface area (Å²) in [4.78, 5) is 14.6. The van der Waals surface area contributed by atoms with Gasteiger partial charge in [-0.1, -0.05) is 25.1 Å². The standard InChI is InChI=1S/C24H27F2NO3/c1-3-24(12-20(29)11-18-5-4-6-21(25)23(18)26)15-27(13-16(24)2)14-22(30)17-7-9-19(28)10-8-17/h3-10,16,20,28-29H,1,11-15H2,2H3. The smallest absolute Gasteiger partial charge is 0.176 e. The summed E-state index contributed by atoms with van der Waals surface area (Å²) >= 11 is 0. The molecule has 1 aliphatic rings. The number of Topliss-reactive ketones (excluding diaryl/α,β-unsaturated/α-hetero) is 1. The van der Waals surface area contributed by atoms with Crippen LogP contribution in [0.5, 0.6) is 5.75 Å². The molecule has 3 unspecified atom stereocenters. The molecule has 0 amide bonds. The van der Waals surface area contributed by atoms with E-state index in [-0.39, 0.29) is 36.0 Å². The van der Waals surface area contributed by atoms with Gasteiger partial charge in [-0.15, -0.1) is 6.58 Å². The van der Waals surface area contributed by atoms with Crippen molar-refractivity contribution in [2.75, 3.05) is 19.6 Å². The molecular formula is C24H27F2NO3. The minimum Gasteiger partial charge on any atom is -0.508 e. The molecule has 30 heavy (non-hydrogen) atoms. The zero-order valence-corrected chi connectivity index (χ0v) is 17.0. The van der Waals surface area contributed by atoms with E-state index in [0.29, 0.717) is 25.1 Å². The topological polar surface area (TPSA) is 60.8 Å². The molecule has 6 heteroatoms. The Balaban J connectivity index is 1.66. The number of halogens is 2. The number of phenolic OH excluding ortho intramolecular Hbond substituents is 1. The third-order valence-corrected chi connectivity index (χ3v) is 6.10. The Kier molecular flexibility index (Phi) is 6.68. The van der Waals surface area contributed by atoms with E-state index in [1.54, 1.807) is 12.1 Å². The molecule has 4 nitrogen and oxygen atoms in total. The van der Waals surface area contributed by atoms with Gasteiger partial charge in [0.25, 0.3) is 0 Å². The van der Waals surface area contributed by atoms with Crippen LogP contribution in [0.4, 0.5) is 8.78 Å². The Morgan fingerprint density at radius 1 is 1.30 bits per heavy atom. The van der Waals surface area contributed by atoms with Crippen LogP contribution in [0.25, 0.3) is 0 Å². The maximum Gasteiger partial charge on any atom is 0.176 e. The van der Waals surface area contributed by atoms with Gasteiger partial charge in [0.05, 0.1) is 12.6 Å². The predicted molar refractivity (Wildman–Crippen MR) is 111 cm³/mol. The molecule has 2 N–H and O–H groups in total. The third-order valence-electron chi connectivity index (χ3n) is 6.10. The number of rotatable bonds is 8. The van der Waals surface area contributed by atoms with Gasteiger partial charge in [-0.3, -0.25) is 9.69 Å². The summed E-state index contributed by atoms with van der Waals surface area (Å²) < 4.78 is 27.4. The summed E-state index contributed by atoms with van der Waals surface area (Å²) in [6.07, 6.45) is 1.30. The van der Waals surface area contributed by atoms with Crippen molar-refractivity contribution in [1.29, 1.82) is 0 Å². The number of likely N-dealkylation sites (tertiary alicyclic amines) is 1. The maximum atomic E-state index is 14.0. The van der Waals surface area contributed by atoms with Crippen LogP contribution in [0.15, 0.2) is 55.1 Å². The molecule has 3 rings (SSSR count). The van der Waals surface area contributed by atoms with Crippen LogP contribution in [-0.2, 0) is 6.42 Å². The number of nitrogens with zero attached hydrogens (tertiary/aromatic N) is 1. The van der Waals surface area contributed by atoms with Crippen molar-refractivity contribution < 1.29 is 23.8 Å². The lowest BCUT2D eigenvalue weighted by atomic mass is 9.74. The molecule has 2 aromatic rings. The molecule has 0 radical (unpaired) electrons. The average molecular weight is 415 g/mol. The number of phenols is 1. The van der Waals surface area contributed by atoms with E-state index in [0.717, 1.165) is 6.07 Å². The van der Waals surface area contributed by atoms with Gasteiger partial charge in [0.1, 0.15) is 5.75 Å². The molecule has 1 saturated heterocycles. The fourth-order valence-electron chi connectivity index (χ4n) is 4.35. The summed E-state index contributed by atoms with van der Waals surface area (Å²) in [5.74, 6) is -1.66. The second-order valence-corrected chi connectivity index (χ2v) is 8.25. The third kappa shape index (κ3) is 4.77. The highest BCUT2D eigenvalue weighted by molar-refractivity contribution is 5.97. The van der Waals surface area contributed by atoms with E-state index in [4.69, 9.17) is 0 Å². The molecule has 0 saturated carbocycles. The van der Waals surface area contributed by atoms with Crippen molar-refractivity contribution in [1.82, 2.24) is 4.90 Å². The number of aliphatic hydroxyl groups excluding tert-OH is 1. The van der Waals surface area contributed by atoms with Gasteiger partial charge in [0, 0.05) is 30.5 Å². The Labute approximate surface area is 175 Å². The second-order valence-electron chi connectivity index (χ2n) is 8.25. The SMILES string of the molecule is C=CC1(CC(O)Cc2cccc(F)c2F)CN(CC(=O)c2ccc(O)cc2)CC1C. The zero-order valence-electron chi connectivity index (χ0n) is 17.0. The first-order valence-electron chi connectivity index (χ1n) is 10.0. The van der Waals surface area contributed by atoms with E-state index in [1.807, 2.05) is 17.9 Å². The molecule has 3 atom stereocenters. The van der Waals surface area contributed by atoms with Crippen LogP contribution >= 0.6 is 0 Å². The van der Waals surface area contributed by atoms with Crippen LogP contribution in [-0.4, -0.2) is 46.6 Å². The zero-order chi connectivity index (χ0) is 21.9. The highest BCUT2D eigenvalue weighted by atomic mass is 19.2. The highest BCUT2D eigenvalue weighted by Gasteiger charge is 2.43. The first kappa shape index (κ1) is 22.1. The summed E-state index contributed by atoms with van der Waals surface area (Å²) in [5.41, 5.74) is 0.239. The lowest BCUT2D eigenvalue weighted by molar-refractivity contribution is 0.0923. The van der Waals surface area contributed by atoms with E-state index < -0.39 is 23.2 Å². The van der Waals surface area contributed by atoms with Crippen molar-refractivity contribution in [3.8, 4) is 5.75 Å². The van der Waals surface area contributed by atoms with Crippen molar-refractivity contribution in [3.63, 3.8) is 0 Å². The number of carbonyl (C=O) groups is 1. The minimum absolute atomic E-state index is 0.0122. The number of carbonyl (C=O) groups excluding carboxylic acids is 1. The largest absolute Gasteiger partial charge is 0.508 e. The second kappa shape index (κ2) is 9.06. The molecule has 2 aromatic carbocycles. The summed E-state index contributed by atoms with van der Waals surface area (Å²) in [6.45, 7) is 7.43. The number of aliphatic hydroxyl groups is 1. The molecule has 1 fully saturated rings. The van der Waals surface area contributed by atoms with Crippen molar-refractivity contribution in [3.05, 3.63) is 77.9 Å². The van der Waals surface area contributed by atoms with Gasteiger partial charge in [-0.05, 0) is 48.2 Å². The van der Waals surface area contributed by atoms with Crippen LogP contribution in [0.1, 0.15) is 29.3 Å². The Morgan fingerprint density at radius 2 is 2.00 bits per heavy atom. The van der Waals surface area contributed by atoms with E-state index in [9.17, 15) is 23.8 Å². The quantitative estimate of drug-likeness (QED) is 0.506. The van der Waals surface area contributed by atoms with Gasteiger partial charge < -0.3 is 10.2 Å². The van der Waals surface area contributed by atoms with Gasteiger partial charge in [-0.2, -0.15) is 0 Å². The van der Waals surface area contributed by atoms with Crippen molar-refractivity contribution in [2.24, 2.45) is 11.3 Å². The average Bonchev–Trinajstić information content (AvgIpc) is 3.01. The molecule has 0 aliphatic carbocycles. The molecule has 160 valence electrons.